The molecular weight excluding hydrogens is 408 g/mol. The van der Waals surface area contributed by atoms with Gasteiger partial charge in [0.25, 0.3) is 5.56 Å². The molecule has 2 heterocycles. The van der Waals surface area contributed by atoms with Gasteiger partial charge in [0, 0.05) is 17.5 Å². The largest absolute Gasteiger partial charge is 0.493 e. The van der Waals surface area contributed by atoms with Crippen LogP contribution < -0.4 is 26.2 Å². The summed E-state index contributed by atoms with van der Waals surface area (Å²) >= 11 is 0. The van der Waals surface area contributed by atoms with E-state index in [4.69, 9.17) is 15.2 Å². The molecule has 0 saturated heterocycles. The van der Waals surface area contributed by atoms with Crippen LogP contribution in [0.2, 0.25) is 0 Å². The Bertz CT molecular complexity index is 1600. The fraction of sp³-hybridized carbons (Fsp3) is 0.0833. The summed E-state index contributed by atoms with van der Waals surface area (Å²) in [7, 11) is 1.56. The van der Waals surface area contributed by atoms with Crippen molar-refractivity contribution in [3.63, 3.8) is 0 Å². The van der Waals surface area contributed by atoms with E-state index in [0.717, 1.165) is 5.56 Å². The number of nitrogens with zero attached hydrogens (tertiary/aromatic N) is 1. The fourth-order valence-electron chi connectivity index (χ4n) is 3.86. The highest BCUT2D eigenvalue weighted by molar-refractivity contribution is 6.06. The molecule has 5 aromatic rings. The van der Waals surface area contributed by atoms with Crippen LogP contribution in [0.5, 0.6) is 17.2 Å². The van der Waals surface area contributed by atoms with Crippen LogP contribution in [0.15, 0.2) is 70.3 Å². The Morgan fingerprint density at radius 3 is 2.50 bits per heavy atom. The number of hydrogen-bond donors (Lipinski definition) is 3. The van der Waals surface area contributed by atoms with Gasteiger partial charge in [-0.05, 0) is 42.8 Å². The topological polar surface area (TPSA) is 115 Å². The van der Waals surface area contributed by atoms with Crippen molar-refractivity contribution in [3.05, 3.63) is 86.8 Å². The standard InChI is InChI=1S/C24H20N4O4/c1-13-10-20(32-15-6-4-3-5-7-15)19(31-2)12-18(13)28-23(25)21-22(27-28)16-9-8-14(29)11-17(16)26-24(21)30/h3-12,27H,25H2,1-2H3,(H,26,30). The van der Waals surface area contributed by atoms with Crippen molar-refractivity contribution in [1.82, 2.24) is 14.8 Å². The lowest BCUT2D eigenvalue weighted by atomic mass is 10.1. The predicted molar refractivity (Wildman–Crippen MR) is 124 cm³/mol. The van der Waals surface area contributed by atoms with Crippen LogP contribution in [0.25, 0.3) is 27.5 Å². The average Bonchev–Trinajstić information content (AvgIpc) is 3.12. The number of nitrogen functional groups attached to an aromatic ring is 1. The summed E-state index contributed by atoms with van der Waals surface area (Å²) < 4.78 is 13.2. The summed E-state index contributed by atoms with van der Waals surface area (Å²) in [4.78, 5) is 27.2. The monoisotopic (exact) mass is 428 g/mol. The minimum Gasteiger partial charge on any atom is -0.493 e. The van der Waals surface area contributed by atoms with Gasteiger partial charge in [0.05, 0.1) is 23.8 Å². The lowest BCUT2D eigenvalue weighted by molar-refractivity contribution is 0.378. The van der Waals surface area contributed by atoms with Crippen molar-refractivity contribution in [3.8, 4) is 22.9 Å². The van der Waals surface area contributed by atoms with Crippen molar-refractivity contribution in [1.29, 1.82) is 0 Å². The first kappa shape index (κ1) is 19.5. The van der Waals surface area contributed by atoms with E-state index >= 15 is 0 Å². The zero-order chi connectivity index (χ0) is 22.4. The molecule has 160 valence electrons. The van der Waals surface area contributed by atoms with E-state index in [9.17, 15) is 9.59 Å². The van der Waals surface area contributed by atoms with Crippen molar-refractivity contribution >= 4 is 27.6 Å². The number of aryl methyl sites for hydroxylation is 1. The molecule has 0 aliphatic carbocycles. The number of benzene rings is 3. The minimum absolute atomic E-state index is 0.186. The van der Waals surface area contributed by atoms with Gasteiger partial charge >= 0.3 is 0 Å². The number of nitrogens with one attached hydrogen (secondary N) is 2. The second-order valence-corrected chi connectivity index (χ2v) is 7.45. The molecule has 0 aliphatic heterocycles. The van der Waals surface area contributed by atoms with Crippen molar-refractivity contribution in [2.45, 2.75) is 6.92 Å². The summed E-state index contributed by atoms with van der Waals surface area (Å²) in [5.74, 6) is 2.00. The van der Waals surface area contributed by atoms with E-state index in [1.54, 1.807) is 23.9 Å². The number of anilines is 1. The molecule has 2 aromatic heterocycles. The van der Waals surface area contributed by atoms with Crippen LogP contribution in [0.1, 0.15) is 5.56 Å². The fourth-order valence-corrected chi connectivity index (χ4v) is 3.86. The molecule has 0 unspecified atom stereocenters. The normalized spacial score (nSPS) is 11.2. The smallest absolute Gasteiger partial charge is 0.261 e. The Morgan fingerprint density at radius 2 is 1.75 bits per heavy atom. The highest BCUT2D eigenvalue weighted by Gasteiger charge is 2.18. The van der Waals surface area contributed by atoms with Crippen molar-refractivity contribution in [2.75, 3.05) is 12.8 Å². The van der Waals surface area contributed by atoms with Crippen LogP contribution in [0, 0.1) is 6.92 Å². The molecule has 8 heteroatoms. The quantitative estimate of drug-likeness (QED) is 0.402. The molecule has 0 atom stereocenters. The molecule has 0 radical (unpaired) electrons. The SMILES string of the molecule is COc1cc(-n2[nH]c3c(c2N)c(=O)[nH]c2cc(=O)ccc23)c(C)cc1Oc1ccccc1. The number of methoxy groups -OCH3 is 1. The van der Waals surface area contributed by atoms with Gasteiger partial charge in [-0.2, -0.15) is 0 Å². The Labute approximate surface area is 181 Å². The zero-order valence-corrected chi connectivity index (χ0v) is 17.4. The second-order valence-electron chi connectivity index (χ2n) is 7.45. The first-order valence-electron chi connectivity index (χ1n) is 9.94. The number of fused-ring (bicyclic) bond motifs is 3. The van der Waals surface area contributed by atoms with Crippen LogP contribution in [0.3, 0.4) is 0 Å². The maximum atomic E-state index is 12.7. The second kappa shape index (κ2) is 7.35. The molecule has 0 bridgehead atoms. The van der Waals surface area contributed by atoms with Crippen LogP contribution in [0.4, 0.5) is 5.82 Å². The van der Waals surface area contributed by atoms with Crippen LogP contribution in [-0.2, 0) is 0 Å². The lowest BCUT2D eigenvalue weighted by Gasteiger charge is -2.15. The maximum absolute atomic E-state index is 12.7. The molecule has 0 saturated carbocycles. The number of ether oxygens (including phenoxy) is 2. The number of nitrogens with two attached hydrogens (primary N) is 1. The first-order chi connectivity index (χ1) is 15.5. The molecular formula is C24H20N4O4. The van der Waals surface area contributed by atoms with E-state index in [1.165, 1.54) is 12.1 Å². The number of rotatable bonds is 4. The van der Waals surface area contributed by atoms with Crippen molar-refractivity contribution in [2.24, 2.45) is 0 Å². The Hall–Kier alpha value is -4.46. The molecule has 5 rings (SSSR count). The Kier molecular flexibility index (Phi) is 4.48. The van der Waals surface area contributed by atoms with Gasteiger partial charge in [-0.25, -0.2) is 4.68 Å². The Balaban J connectivity index is 1.71. The maximum Gasteiger partial charge on any atom is 0.261 e. The van der Waals surface area contributed by atoms with E-state index in [2.05, 4.69) is 10.1 Å². The first-order valence-corrected chi connectivity index (χ1v) is 9.94. The summed E-state index contributed by atoms with van der Waals surface area (Å²) in [6.45, 7) is 1.91. The van der Waals surface area contributed by atoms with E-state index in [-0.39, 0.29) is 16.8 Å². The molecule has 3 aromatic carbocycles. The van der Waals surface area contributed by atoms with E-state index in [1.807, 2.05) is 43.3 Å². The summed E-state index contributed by atoms with van der Waals surface area (Å²) in [6.07, 6.45) is 0. The number of H-pyrrole nitrogens is 2. The zero-order valence-electron chi connectivity index (χ0n) is 17.4. The van der Waals surface area contributed by atoms with E-state index < -0.39 is 0 Å². The highest BCUT2D eigenvalue weighted by Crippen LogP contribution is 2.37. The van der Waals surface area contributed by atoms with Gasteiger partial charge in [-0.15, -0.1) is 0 Å². The summed E-state index contributed by atoms with van der Waals surface area (Å²) in [6, 6.07) is 17.6. The molecule has 0 amide bonds. The summed E-state index contributed by atoms with van der Waals surface area (Å²) in [5.41, 5.74) is 8.37. The van der Waals surface area contributed by atoms with Gasteiger partial charge in [-0.1, -0.05) is 18.2 Å². The molecule has 0 spiro atoms. The average molecular weight is 428 g/mol. The summed E-state index contributed by atoms with van der Waals surface area (Å²) in [5, 5.41) is 4.23. The number of aromatic nitrogens is 3. The third-order valence-electron chi connectivity index (χ3n) is 5.40. The van der Waals surface area contributed by atoms with Gasteiger partial charge in [0.1, 0.15) is 17.0 Å². The number of para-hydroxylation sites is 1. The van der Waals surface area contributed by atoms with Gasteiger partial charge in [0.2, 0.25) is 0 Å². The third-order valence-corrected chi connectivity index (χ3v) is 5.40. The van der Waals surface area contributed by atoms with Crippen LogP contribution in [-0.4, -0.2) is 21.9 Å². The van der Waals surface area contributed by atoms with Gasteiger partial charge < -0.3 is 20.2 Å². The molecule has 8 nitrogen and oxygen atoms in total. The highest BCUT2D eigenvalue weighted by atomic mass is 16.5. The van der Waals surface area contributed by atoms with Gasteiger partial charge in [0.15, 0.2) is 16.9 Å². The lowest BCUT2D eigenvalue weighted by Crippen LogP contribution is -2.10. The third kappa shape index (κ3) is 3.09. The minimum atomic E-state index is -0.376. The molecule has 4 N–H and O–H groups in total. The molecule has 32 heavy (non-hydrogen) atoms. The van der Waals surface area contributed by atoms with E-state index in [0.29, 0.717) is 44.7 Å². The number of pyridine rings is 1. The molecule has 0 aliphatic rings. The number of hydrogen-bond acceptors (Lipinski definition) is 5. The van der Waals surface area contributed by atoms with Crippen molar-refractivity contribution < 1.29 is 9.47 Å². The van der Waals surface area contributed by atoms with Gasteiger partial charge in [-0.3, -0.25) is 14.7 Å². The van der Waals surface area contributed by atoms with Crippen LogP contribution >= 0.6 is 0 Å². The predicted octanol–water partition coefficient (Wildman–Crippen LogP) is 3.85. The molecule has 0 fully saturated rings. The number of aromatic amines is 2. The Morgan fingerprint density at radius 1 is 0.969 bits per heavy atom.